The van der Waals surface area contributed by atoms with Crippen LogP contribution in [-0.2, 0) is 4.74 Å². The van der Waals surface area contributed by atoms with Gasteiger partial charge in [0.15, 0.2) is 5.65 Å². The van der Waals surface area contributed by atoms with Gasteiger partial charge in [-0.1, -0.05) is 11.6 Å². The average molecular weight is 251 g/mol. The highest BCUT2D eigenvalue weighted by molar-refractivity contribution is 6.38. The molecule has 0 aromatic carbocycles. The molecule has 0 bridgehead atoms. The van der Waals surface area contributed by atoms with E-state index < -0.39 is 5.97 Å². The van der Waals surface area contributed by atoms with E-state index in [0.29, 0.717) is 22.7 Å². The Morgan fingerprint density at radius 1 is 1.41 bits per heavy atom. The van der Waals surface area contributed by atoms with Crippen LogP contribution in [0.2, 0.25) is 5.02 Å². The van der Waals surface area contributed by atoms with E-state index in [4.69, 9.17) is 16.3 Å². The van der Waals surface area contributed by atoms with E-state index in [1.807, 2.05) is 13.0 Å². The minimum atomic E-state index is -0.464. The fraction of sp³-hybridized carbons (Fsp3) is 0.250. The van der Waals surface area contributed by atoms with Crippen molar-refractivity contribution in [3.63, 3.8) is 0 Å². The molecule has 0 fully saturated rings. The predicted molar refractivity (Wildman–Crippen MR) is 65.2 cm³/mol. The van der Waals surface area contributed by atoms with Crippen LogP contribution in [0.25, 0.3) is 11.0 Å². The molecule has 88 valence electrons. The molecule has 4 nitrogen and oxygen atoms in total. The molecule has 2 aromatic rings. The molecule has 0 saturated carbocycles. The summed E-state index contributed by atoms with van der Waals surface area (Å²) in [5.74, 6) is -0.464. The molecule has 0 amide bonds. The smallest absolute Gasteiger partial charge is 0.341 e. The molecular formula is C12H11ClN2O2. The Bertz CT molecular complexity index is 584. The molecule has 0 N–H and O–H groups in total. The highest BCUT2D eigenvalue weighted by Crippen LogP contribution is 2.25. The number of esters is 1. The predicted octanol–water partition coefficient (Wildman–Crippen LogP) is 2.77. The van der Waals surface area contributed by atoms with Gasteiger partial charge in [-0.15, -0.1) is 0 Å². The number of aryl methyl sites for hydroxylation is 1. The lowest BCUT2D eigenvalue weighted by molar-refractivity contribution is 0.0526. The molecule has 0 aliphatic heterocycles. The zero-order valence-corrected chi connectivity index (χ0v) is 10.3. The molecule has 0 saturated heterocycles. The fourth-order valence-corrected chi connectivity index (χ4v) is 1.77. The molecule has 0 unspecified atom stereocenters. The van der Waals surface area contributed by atoms with Gasteiger partial charge in [0, 0.05) is 17.8 Å². The minimum Gasteiger partial charge on any atom is -0.462 e. The number of pyridine rings is 2. The van der Waals surface area contributed by atoms with E-state index in [0.717, 1.165) is 5.56 Å². The molecule has 2 rings (SSSR count). The SMILES string of the molecule is CCOC(=O)c1cnc2ncc(C)cc2c1Cl. The van der Waals surface area contributed by atoms with Crippen LogP contribution < -0.4 is 0 Å². The molecule has 17 heavy (non-hydrogen) atoms. The Morgan fingerprint density at radius 2 is 2.12 bits per heavy atom. The van der Waals surface area contributed by atoms with Crippen molar-refractivity contribution in [2.45, 2.75) is 13.8 Å². The minimum absolute atomic E-state index is 0.272. The van der Waals surface area contributed by atoms with Gasteiger partial charge in [0.05, 0.1) is 17.2 Å². The molecule has 0 atom stereocenters. The van der Waals surface area contributed by atoms with Crippen LogP contribution in [0.3, 0.4) is 0 Å². The van der Waals surface area contributed by atoms with Crippen LogP contribution in [0.4, 0.5) is 0 Å². The van der Waals surface area contributed by atoms with Crippen molar-refractivity contribution in [2.24, 2.45) is 0 Å². The van der Waals surface area contributed by atoms with Crippen molar-refractivity contribution < 1.29 is 9.53 Å². The number of rotatable bonds is 2. The number of carbonyl (C=O) groups is 1. The van der Waals surface area contributed by atoms with Crippen molar-refractivity contribution in [3.8, 4) is 0 Å². The molecule has 5 heteroatoms. The van der Waals surface area contributed by atoms with Crippen molar-refractivity contribution >= 4 is 28.6 Å². The zero-order chi connectivity index (χ0) is 12.4. The first-order valence-electron chi connectivity index (χ1n) is 5.21. The number of halogens is 1. The van der Waals surface area contributed by atoms with Crippen LogP contribution in [0.15, 0.2) is 18.5 Å². The lowest BCUT2D eigenvalue weighted by Crippen LogP contribution is -2.06. The van der Waals surface area contributed by atoms with Crippen molar-refractivity contribution in [1.29, 1.82) is 0 Å². The number of aromatic nitrogens is 2. The first kappa shape index (κ1) is 11.8. The van der Waals surface area contributed by atoms with Crippen molar-refractivity contribution in [3.05, 3.63) is 34.6 Å². The third-order valence-corrected chi connectivity index (χ3v) is 2.69. The number of ether oxygens (including phenoxy) is 1. The van der Waals surface area contributed by atoms with Crippen molar-refractivity contribution in [1.82, 2.24) is 9.97 Å². The molecule has 0 aliphatic rings. The third-order valence-electron chi connectivity index (χ3n) is 2.29. The summed E-state index contributed by atoms with van der Waals surface area (Å²) in [6.07, 6.45) is 3.10. The summed E-state index contributed by atoms with van der Waals surface area (Å²) in [5.41, 5.74) is 1.75. The second kappa shape index (κ2) is 4.67. The second-order valence-electron chi connectivity index (χ2n) is 3.59. The van der Waals surface area contributed by atoms with Gasteiger partial charge in [-0.3, -0.25) is 0 Å². The Kier molecular flexibility index (Phi) is 3.24. The Labute approximate surface area is 104 Å². The summed E-state index contributed by atoms with van der Waals surface area (Å²) < 4.78 is 4.90. The maximum absolute atomic E-state index is 11.6. The van der Waals surface area contributed by atoms with Gasteiger partial charge < -0.3 is 4.74 Å². The van der Waals surface area contributed by atoms with E-state index in [9.17, 15) is 4.79 Å². The standard InChI is InChI=1S/C12H11ClN2O2/c1-3-17-12(16)9-6-15-11-8(10(9)13)4-7(2)5-14-11/h4-6H,3H2,1-2H3. The Hall–Kier alpha value is -1.68. The summed E-state index contributed by atoms with van der Waals surface area (Å²) in [7, 11) is 0. The number of hydrogen-bond acceptors (Lipinski definition) is 4. The Balaban J connectivity index is 2.60. The maximum atomic E-state index is 11.6. The average Bonchev–Trinajstić information content (AvgIpc) is 2.30. The van der Waals surface area contributed by atoms with Crippen LogP contribution in [-0.4, -0.2) is 22.5 Å². The quantitative estimate of drug-likeness (QED) is 0.769. The third kappa shape index (κ3) is 2.22. The van der Waals surface area contributed by atoms with E-state index in [1.54, 1.807) is 13.1 Å². The van der Waals surface area contributed by atoms with E-state index in [-0.39, 0.29) is 5.56 Å². The fourth-order valence-electron chi connectivity index (χ4n) is 1.50. The van der Waals surface area contributed by atoms with Crippen LogP contribution >= 0.6 is 11.6 Å². The van der Waals surface area contributed by atoms with Gasteiger partial charge in [-0.2, -0.15) is 0 Å². The molecule has 2 aromatic heterocycles. The van der Waals surface area contributed by atoms with Crippen LogP contribution in [0.5, 0.6) is 0 Å². The largest absolute Gasteiger partial charge is 0.462 e. The van der Waals surface area contributed by atoms with E-state index in [2.05, 4.69) is 9.97 Å². The summed E-state index contributed by atoms with van der Waals surface area (Å²) in [5, 5.41) is 1.00. The first-order chi connectivity index (χ1) is 8.13. The van der Waals surface area contributed by atoms with E-state index >= 15 is 0 Å². The molecular weight excluding hydrogens is 240 g/mol. The second-order valence-corrected chi connectivity index (χ2v) is 3.97. The summed E-state index contributed by atoms with van der Waals surface area (Å²) in [6.45, 7) is 3.95. The lowest BCUT2D eigenvalue weighted by atomic mass is 10.2. The molecule has 0 spiro atoms. The van der Waals surface area contributed by atoms with Gasteiger partial charge in [-0.05, 0) is 25.5 Å². The molecule has 0 radical (unpaired) electrons. The summed E-state index contributed by atoms with van der Waals surface area (Å²) in [4.78, 5) is 19.9. The Morgan fingerprint density at radius 3 is 2.82 bits per heavy atom. The number of fused-ring (bicyclic) bond motifs is 1. The first-order valence-corrected chi connectivity index (χ1v) is 5.59. The van der Waals surface area contributed by atoms with Crippen LogP contribution in [0.1, 0.15) is 22.8 Å². The molecule has 0 aliphatic carbocycles. The molecule has 2 heterocycles. The van der Waals surface area contributed by atoms with Crippen LogP contribution in [0, 0.1) is 6.92 Å². The van der Waals surface area contributed by atoms with E-state index in [1.165, 1.54) is 6.20 Å². The zero-order valence-electron chi connectivity index (χ0n) is 9.53. The number of hydrogen-bond donors (Lipinski definition) is 0. The monoisotopic (exact) mass is 250 g/mol. The maximum Gasteiger partial charge on any atom is 0.341 e. The van der Waals surface area contributed by atoms with Gasteiger partial charge in [-0.25, -0.2) is 14.8 Å². The highest BCUT2D eigenvalue weighted by Gasteiger charge is 2.15. The van der Waals surface area contributed by atoms with Gasteiger partial charge in [0.1, 0.15) is 0 Å². The lowest BCUT2D eigenvalue weighted by Gasteiger charge is -2.06. The van der Waals surface area contributed by atoms with Crippen molar-refractivity contribution in [2.75, 3.05) is 6.61 Å². The highest BCUT2D eigenvalue weighted by atomic mass is 35.5. The number of nitrogens with zero attached hydrogens (tertiary/aromatic N) is 2. The topological polar surface area (TPSA) is 52.1 Å². The summed E-state index contributed by atoms with van der Waals surface area (Å²) in [6, 6.07) is 1.85. The van der Waals surface area contributed by atoms with Gasteiger partial charge in [0.25, 0.3) is 0 Å². The normalized spacial score (nSPS) is 10.5. The summed E-state index contributed by atoms with van der Waals surface area (Å²) >= 11 is 6.16. The van der Waals surface area contributed by atoms with Gasteiger partial charge in [0.2, 0.25) is 0 Å². The van der Waals surface area contributed by atoms with Gasteiger partial charge >= 0.3 is 5.97 Å². The number of carbonyl (C=O) groups excluding carboxylic acids is 1.